The van der Waals surface area contributed by atoms with Gasteiger partial charge < -0.3 is 5.11 Å². The monoisotopic (exact) mass is 291 g/mol. The first kappa shape index (κ1) is 14.1. The van der Waals surface area contributed by atoms with Crippen LogP contribution in [0.3, 0.4) is 0 Å². The van der Waals surface area contributed by atoms with Gasteiger partial charge in [-0.1, -0.05) is 30.3 Å². The van der Waals surface area contributed by atoms with E-state index in [1.807, 2.05) is 6.07 Å². The summed E-state index contributed by atoms with van der Waals surface area (Å²) in [5, 5.41) is 8.52. The molecule has 0 saturated heterocycles. The predicted molar refractivity (Wildman–Crippen MR) is 75.6 cm³/mol. The summed E-state index contributed by atoms with van der Waals surface area (Å²) in [5.41, 5.74) is 1.22. The van der Waals surface area contributed by atoms with Crippen LogP contribution in [-0.2, 0) is 20.6 Å². The molecule has 6 heteroatoms. The molecule has 2 aromatic rings. The van der Waals surface area contributed by atoms with Crippen LogP contribution in [0.4, 0.5) is 0 Å². The molecule has 0 spiro atoms. The van der Waals surface area contributed by atoms with E-state index in [1.165, 1.54) is 18.5 Å². The molecule has 0 amide bonds. The van der Waals surface area contributed by atoms with Gasteiger partial charge in [-0.05, 0) is 23.3 Å². The maximum Gasteiger partial charge on any atom is 0.328 e. The van der Waals surface area contributed by atoms with Gasteiger partial charge in [0.25, 0.3) is 0 Å². The molecular weight excluding hydrogens is 278 g/mol. The zero-order chi connectivity index (χ0) is 14.6. The Balaban J connectivity index is 2.20. The number of rotatable bonds is 5. The van der Waals surface area contributed by atoms with Crippen molar-refractivity contribution in [1.82, 2.24) is 3.97 Å². The third kappa shape index (κ3) is 3.58. The molecule has 20 heavy (non-hydrogen) atoms. The van der Waals surface area contributed by atoms with E-state index < -0.39 is 16.0 Å². The van der Waals surface area contributed by atoms with Gasteiger partial charge in [0.1, 0.15) is 0 Å². The topological polar surface area (TPSA) is 76.4 Å². The number of carboxylic acid groups (broad SMARTS) is 1. The minimum Gasteiger partial charge on any atom is -0.478 e. The molecule has 0 atom stereocenters. The minimum absolute atomic E-state index is 0.107. The lowest BCUT2D eigenvalue weighted by atomic mass is 10.2. The summed E-state index contributed by atoms with van der Waals surface area (Å²) >= 11 is 0. The first-order valence-corrected chi connectivity index (χ1v) is 7.44. The number of hydrogen-bond donors (Lipinski definition) is 1. The van der Waals surface area contributed by atoms with Crippen LogP contribution in [0.5, 0.6) is 0 Å². The highest BCUT2D eigenvalue weighted by molar-refractivity contribution is 7.89. The second kappa shape index (κ2) is 5.75. The smallest absolute Gasteiger partial charge is 0.328 e. The van der Waals surface area contributed by atoms with Crippen LogP contribution in [0.15, 0.2) is 54.9 Å². The average Bonchev–Trinajstić information content (AvgIpc) is 2.86. The van der Waals surface area contributed by atoms with Crippen molar-refractivity contribution in [3.05, 3.63) is 66.0 Å². The Hall–Kier alpha value is -2.34. The number of benzene rings is 1. The Kier molecular flexibility index (Phi) is 4.05. The Bertz CT molecular complexity index is 730. The van der Waals surface area contributed by atoms with Crippen LogP contribution in [0.25, 0.3) is 6.08 Å². The minimum atomic E-state index is -3.50. The Morgan fingerprint density at radius 1 is 1.20 bits per heavy atom. The first-order valence-electron chi connectivity index (χ1n) is 5.83. The fraction of sp³-hybridized carbons (Fsp3) is 0.0714. The third-order valence-electron chi connectivity index (χ3n) is 2.62. The standard InChI is InChI=1S/C14H13NO4S/c16-14(17)7-6-12-8-9-15(10-12)20(18,19)11-13-4-2-1-3-5-13/h1-10H,11H2,(H,16,17). The molecule has 1 aromatic heterocycles. The van der Waals surface area contributed by atoms with Crippen LogP contribution >= 0.6 is 0 Å². The fourth-order valence-corrected chi connectivity index (χ4v) is 2.98. The number of aliphatic carboxylic acids is 1. The zero-order valence-electron chi connectivity index (χ0n) is 10.5. The van der Waals surface area contributed by atoms with Crippen LogP contribution in [0, 0.1) is 0 Å². The summed E-state index contributed by atoms with van der Waals surface area (Å²) in [6, 6.07) is 10.4. The molecule has 0 fully saturated rings. The molecule has 1 heterocycles. The van der Waals surface area contributed by atoms with Crippen LogP contribution in [-0.4, -0.2) is 23.5 Å². The van der Waals surface area contributed by atoms with E-state index in [2.05, 4.69) is 0 Å². The number of carboxylic acids is 1. The van der Waals surface area contributed by atoms with E-state index in [0.717, 1.165) is 10.0 Å². The van der Waals surface area contributed by atoms with Crippen molar-refractivity contribution in [2.45, 2.75) is 5.75 Å². The van der Waals surface area contributed by atoms with Crippen molar-refractivity contribution in [3.63, 3.8) is 0 Å². The van der Waals surface area contributed by atoms with E-state index in [4.69, 9.17) is 5.11 Å². The van der Waals surface area contributed by atoms with E-state index in [1.54, 1.807) is 30.3 Å². The maximum atomic E-state index is 12.2. The lowest BCUT2D eigenvalue weighted by Crippen LogP contribution is -2.13. The molecule has 104 valence electrons. The maximum absolute atomic E-state index is 12.2. The SMILES string of the molecule is O=C(O)C=Cc1ccn(S(=O)(=O)Cc2ccccc2)c1. The summed E-state index contributed by atoms with van der Waals surface area (Å²) < 4.78 is 25.4. The fourth-order valence-electron chi connectivity index (χ4n) is 1.69. The number of carbonyl (C=O) groups is 1. The summed E-state index contributed by atoms with van der Waals surface area (Å²) in [6.45, 7) is 0. The largest absolute Gasteiger partial charge is 0.478 e. The first-order chi connectivity index (χ1) is 9.47. The molecule has 0 aliphatic heterocycles. The van der Waals surface area contributed by atoms with E-state index in [0.29, 0.717) is 11.1 Å². The molecule has 5 nitrogen and oxygen atoms in total. The molecule has 0 aliphatic carbocycles. The van der Waals surface area contributed by atoms with Crippen LogP contribution < -0.4 is 0 Å². The van der Waals surface area contributed by atoms with Crippen LogP contribution in [0.1, 0.15) is 11.1 Å². The van der Waals surface area contributed by atoms with Gasteiger partial charge in [0.2, 0.25) is 10.0 Å². The summed E-state index contributed by atoms with van der Waals surface area (Å²) in [4.78, 5) is 10.4. The molecule has 0 aliphatic rings. The van der Waals surface area contributed by atoms with Gasteiger partial charge in [0.15, 0.2) is 0 Å². The highest BCUT2D eigenvalue weighted by atomic mass is 32.2. The Morgan fingerprint density at radius 3 is 2.55 bits per heavy atom. The van der Waals surface area contributed by atoms with Gasteiger partial charge in [-0.25, -0.2) is 13.2 Å². The van der Waals surface area contributed by atoms with Crippen molar-refractivity contribution in [1.29, 1.82) is 0 Å². The second-order valence-electron chi connectivity index (χ2n) is 4.19. The van der Waals surface area contributed by atoms with Gasteiger partial charge in [-0.15, -0.1) is 0 Å². The van der Waals surface area contributed by atoms with Crippen molar-refractivity contribution in [2.24, 2.45) is 0 Å². The Morgan fingerprint density at radius 2 is 1.90 bits per heavy atom. The molecule has 2 rings (SSSR count). The van der Waals surface area contributed by atoms with Gasteiger partial charge in [-0.3, -0.25) is 3.97 Å². The molecule has 1 N–H and O–H groups in total. The van der Waals surface area contributed by atoms with Crippen molar-refractivity contribution in [2.75, 3.05) is 0 Å². The lowest BCUT2D eigenvalue weighted by molar-refractivity contribution is -0.131. The molecule has 0 bridgehead atoms. The highest BCUT2D eigenvalue weighted by Crippen LogP contribution is 2.12. The Labute approximate surface area is 116 Å². The third-order valence-corrected chi connectivity index (χ3v) is 4.19. The van der Waals surface area contributed by atoms with Crippen molar-refractivity contribution >= 4 is 22.1 Å². The highest BCUT2D eigenvalue weighted by Gasteiger charge is 2.13. The predicted octanol–water partition coefficient (Wildman–Crippen LogP) is 1.96. The van der Waals surface area contributed by atoms with E-state index in [-0.39, 0.29) is 5.75 Å². The summed E-state index contributed by atoms with van der Waals surface area (Å²) in [7, 11) is -3.50. The lowest BCUT2D eigenvalue weighted by Gasteiger charge is -2.05. The molecule has 0 radical (unpaired) electrons. The number of nitrogens with zero attached hydrogens (tertiary/aromatic N) is 1. The van der Waals surface area contributed by atoms with Crippen molar-refractivity contribution < 1.29 is 18.3 Å². The van der Waals surface area contributed by atoms with Gasteiger partial charge >= 0.3 is 5.97 Å². The van der Waals surface area contributed by atoms with Gasteiger partial charge in [-0.2, -0.15) is 0 Å². The van der Waals surface area contributed by atoms with Gasteiger partial charge in [0, 0.05) is 18.5 Å². The summed E-state index contributed by atoms with van der Waals surface area (Å²) in [5.74, 6) is -1.19. The second-order valence-corrected chi connectivity index (χ2v) is 6.06. The molecule has 1 aromatic carbocycles. The molecular formula is C14H13NO4S. The molecule has 0 saturated carbocycles. The normalized spacial score (nSPS) is 11.8. The van der Waals surface area contributed by atoms with Crippen LogP contribution in [0.2, 0.25) is 0 Å². The van der Waals surface area contributed by atoms with Crippen molar-refractivity contribution in [3.8, 4) is 0 Å². The average molecular weight is 291 g/mol. The van der Waals surface area contributed by atoms with Gasteiger partial charge in [0.05, 0.1) is 5.75 Å². The quantitative estimate of drug-likeness (QED) is 0.854. The summed E-state index contributed by atoms with van der Waals surface area (Å²) in [6.07, 6.45) is 5.10. The number of hydrogen-bond acceptors (Lipinski definition) is 3. The van der Waals surface area contributed by atoms with E-state index in [9.17, 15) is 13.2 Å². The molecule has 0 unspecified atom stereocenters. The zero-order valence-corrected chi connectivity index (χ0v) is 11.3. The van der Waals surface area contributed by atoms with E-state index >= 15 is 0 Å². The number of aromatic nitrogens is 1.